The molecule has 0 aliphatic heterocycles. The number of nitrogens with zero attached hydrogens (tertiary/aromatic N) is 1. The van der Waals surface area contributed by atoms with E-state index < -0.39 is 0 Å². The maximum absolute atomic E-state index is 11.3. The van der Waals surface area contributed by atoms with Crippen molar-refractivity contribution in [1.29, 1.82) is 0 Å². The predicted molar refractivity (Wildman–Crippen MR) is 88.0 cm³/mol. The van der Waals surface area contributed by atoms with Gasteiger partial charge in [-0.25, -0.2) is 4.98 Å². The van der Waals surface area contributed by atoms with E-state index in [1.165, 1.54) is 0 Å². The Labute approximate surface area is 132 Å². The third-order valence-electron chi connectivity index (χ3n) is 3.18. The molecule has 0 atom stereocenters. The largest absolute Gasteiger partial charge is 0.295 e. The van der Waals surface area contributed by atoms with Crippen molar-refractivity contribution in [2.45, 2.75) is 6.92 Å². The number of carbonyl (C=O) groups excluding carboxylic acids is 1. The van der Waals surface area contributed by atoms with E-state index in [0.29, 0.717) is 10.6 Å². The van der Waals surface area contributed by atoms with Crippen LogP contribution in [0.15, 0.2) is 53.9 Å². The molecule has 4 heteroatoms. The lowest BCUT2D eigenvalue weighted by molar-refractivity contribution is 0.101. The first-order valence-corrected chi connectivity index (χ1v) is 7.72. The minimum atomic E-state index is 0.0718. The molecule has 104 valence electrons. The number of carbonyl (C=O) groups is 1. The molecule has 0 aliphatic carbocycles. The maximum atomic E-state index is 11.3. The molecule has 0 saturated heterocycles. The molecule has 2 nitrogen and oxygen atoms in total. The number of halogens is 1. The fourth-order valence-corrected chi connectivity index (χ4v) is 2.97. The first-order chi connectivity index (χ1) is 10.1. The molecule has 1 aromatic heterocycles. The summed E-state index contributed by atoms with van der Waals surface area (Å²) in [6.07, 6.45) is 0. The van der Waals surface area contributed by atoms with Gasteiger partial charge >= 0.3 is 0 Å². The van der Waals surface area contributed by atoms with Crippen LogP contribution < -0.4 is 0 Å². The Hall–Kier alpha value is -1.97. The van der Waals surface area contributed by atoms with Gasteiger partial charge in [-0.2, -0.15) is 0 Å². The third kappa shape index (κ3) is 3.04. The van der Waals surface area contributed by atoms with Crippen LogP contribution in [0.1, 0.15) is 17.3 Å². The van der Waals surface area contributed by atoms with Crippen LogP contribution in [0, 0.1) is 0 Å². The predicted octanol–water partition coefficient (Wildman–Crippen LogP) is 5.33. The summed E-state index contributed by atoms with van der Waals surface area (Å²) >= 11 is 7.48. The monoisotopic (exact) mass is 313 g/mol. The quantitative estimate of drug-likeness (QED) is 0.611. The van der Waals surface area contributed by atoms with Crippen molar-refractivity contribution in [3.63, 3.8) is 0 Å². The van der Waals surface area contributed by atoms with Gasteiger partial charge in [-0.05, 0) is 19.1 Å². The van der Waals surface area contributed by atoms with E-state index in [1.54, 1.807) is 18.3 Å². The second-order valence-electron chi connectivity index (χ2n) is 4.68. The second-order valence-corrected chi connectivity index (χ2v) is 5.97. The lowest BCUT2D eigenvalue weighted by Gasteiger charge is -1.99. The van der Waals surface area contributed by atoms with Gasteiger partial charge in [0.2, 0.25) is 0 Å². The van der Waals surface area contributed by atoms with Gasteiger partial charge in [0.25, 0.3) is 0 Å². The Morgan fingerprint density at radius 2 is 1.62 bits per heavy atom. The van der Waals surface area contributed by atoms with E-state index in [1.807, 2.05) is 53.9 Å². The average molecular weight is 314 g/mol. The fourth-order valence-electron chi connectivity index (χ4n) is 2.01. The molecular weight excluding hydrogens is 302 g/mol. The van der Waals surface area contributed by atoms with E-state index in [9.17, 15) is 4.79 Å². The first kappa shape index (κ1) is 14.0. The van der Waals surface area contributed by atoms with E-state index >= 15 is 0 Å². The Kier molecular flexibility index (Phi) is 3.86. The van der Waals surface area contributed by atoms with Gasteiger partial charge in [0.05, 0.1) is 5.69 Å². The summed E-state index contributed by atoms with van der Waals surface area (Å²) in [6.45, 7) is 1.57. The molecule has 0 aliphatic rings. The van der Waals surface area contributed by atoms with Gasteiger partial charge in [0.15, 0.2) is 5.78 Å². The van der Waals surface area contributed by atoms with Crippen LogP contribution in [0.25, 0.3) is 21.8 Å². The summed E-state index contributed by atoms with van der Waals surface area (Å²) in [6, 6.07) is 15.2. The molecular formula is C17H12ClNOS. The number of thiazole rings is 1. The SMILES string of the molecule is CC(=O)c1ccc(-c2nc(-c3ccc(Cl)cc3)cs2)cc1. The smallest absolute Gasteiger partial charge is 0.159 e. The van der Waals surface area contributed by atoms with Crippen LogP contribution in [0.3, 0.4) is 0 Å². The molecule has 0 saturated carbocycles. The van der Waals surface area contributed by atoms with E-state index in [2.05, 4.69) is 4.98 Å². The number of benzene rings is 2. The summed E-state index contributed by atoms with van der Waals surface area (Å²) in [5, 5.41) is 3.68. The van der Waals surface area contributed by atoms with Gasteiger partial charge in [-0.3, -0.25) is 4.79 Å². The number of ketones is 1. The van der Waals surface area contributed by atoms with Crippen LogP contribution in [-0.2, 0) is 0 Å². The molecule has 0 amide bonds. The number of aromatic nitrogens is 1. The standard InChI is InChI=1S/C17H12ClNOS/c1-11(20)12-2-4-14(5-3-12)17-19-16(10-21-17)13-6-8-15(18)9-7-13/h2-10H,1H3. The minimum Gasteiger partial charge on any atom is -0.295 e. The molecule has 2 aromatic carbocycles. The summed E-state index contributed by atoms with van der Waals surface area (Å²) in [4.78, 5) is 15.9. The van der Waals surface area contributed by atoms with Crippen LogP contribution in [0.2, 0.25) is 5.02 Å². The summed E-state index contributed by atoms with van der Waals surface area (Å²) < 4.78 is 0. The summed E-state index contributed by atoms with van der Waals surface area (Å²) in [5.74, 6) is 0.0718. The van der Waals surface area contributed by atoms with Gasteiger partial charge in [-0.15, -0.1) is 11.3 Å². The molecule has 1 heterocycles. The molecule has 21 heavy (non-hydrogen) atoms. The molecule has 3 aromatic rings. The number of hydrogen-bond acceptors (Lipinski definition) is 3. The second kappa shape index (κ2) is 5.80. The van der Waals surface area contributed by atoms with Gasteiger partial charge in [0.1, 0.15) is 5.01 Å². The van der Waals surface area contributed by atoms with E-state index in [-0.39, 0.29) is 5.78 Å². The van der Waals surface area contributed by atoms with Crippen LogP contribution >= 0.6 is 22.9 Å². The zero-order chi connectivity index (χ0) is 14.8. The summed E-state index contributed by atoms with van der Waals surface area (Å²) in [7, 11) is 0. The fraction of sp³-hybridized carbons (Fsp3) is 0.0588. The van der Waals surface area contributed by atoms with E-state index in [4.69, 9.17) is 11.6 Å². The Morgan fingerprint density at radius 3 is 2.24 bits per heavy atom. The highest BCUT2D eigenvalue weighted by Crippen LogP contribution is 2.29. The van der Waals surface area contributed by atoms with Crippen LogP contribution in [0.5, 0.6) is 0 Å². The molecule has 0 radical (unpaired) electrons. The Bertz CT molecular complexity index is 775. The van der Waals surface area contributed by atoms with Crippen molar-refractivity contribution in [1.82, 2.24) is 4.98 Å². The summed E-state index contributed by atoms with van der Waals surface area (Å²) in [5.41, 5.74) is 3.71. The zero-order valence-electron chi connectivity index (χ0n) is 11.3. The number of hydrogen-bond donors (Lipinski definition) is 0. The zero-order valence-corrected chi connectivity index (χ0v) is 12.9. The molecule has 0 bridgehead atoms. The highest BCUT2D eigenvalue weighted by Gasteiger charge is 2.07. The molecule has 0 fully saturated rings. The van der Waals surface area contributed by atoms with Gasteiger partial charge < -0.3 is 0 Å². The topological polar surface area (TPSA) is 30.0 Å². The van der Waals surface area contributed by atoms with Crippen molar-refractivity contribution < 1.29 is 4.79 Å². The van der Waals surface area contributed by atoms with Crippen molar-refractivity contribution in [2.75, 3.05) is 0 Å². The molecule has 3 rings (SSSR count). The highest BCUT2D eigenvalue weighted by atomic mass is 35.5. The van der Waals surface area contributed by atoms with E-state index in [0.717, 1.165) is 21.8 Å². The molecule has 0 unspecified atom stereocenters. The van der Waals surface area contributed by atoms with Crippen molar-refractivity contribution in [3.05, 3.63) is 64.5 Å². The third-order valence-corrected chi connectivity index (χ3v) is 4.33. The van der Waals surface area contributed by atoms with Crippen LogP contribution in [-0.4, -0.2) is 10.8 Å². The van der Waals surface area contributed by atoms with Crippen molar-refractivity contribution in [3.8, 4) is 21.8 Å². The number of rotatable bonds is 3. The first-order valence-electron chi connectivity index (χ1n) is 6.46. The van der Waals surface area contributed by atoms with Gasteiger partial charge in [-0.1, -0.05) is 48.0 Å². The van der Waals surface area contributed by atoms with Crippen molar-refractivity contribution in [2.24, 2.45) is 0 Å². The van der Waals surface area contributed by atoms with Crippen molar-refractivity contribution >= 4 is 28.7 Å². The minimum absolute atomic E-state index is 0.0718. The molecule has 0 spiro atoms. The highest BCUT2D eigenvalue weighted by molar-refractivity contribution is 7.13. The maximum Gasteiger partial charge on any atom is 0.159 e. The average Bonchev–Trinajstić information content (AvgIpc) is 2.98. The van der Waals surface area contributed by atoms with Crippen LogP contribution in [0.4, 0.5) is 0 Å². The molecule has 0 N–H and O–H groups in total. The lowest BCUT2D eigenvalue weighted by Crippen LogP contribution is -1.90. The Morgan fingerprint density at radius 1 is 1.00 bits per heavy atom. The number of Topliss-reactive ketones (excluding diaryl/α,β-unsaturated/α-hetero) is 1. The Balaban J connectivity index is 1.90. The van der Waals surface area contributed by atoms with Gasteiger partial charge in [0, 0.05) is 27.1 Å². The normalized spacial score (nSPS) is 10.6. The lowest BCUT2D eigenvalue weighted by atomic mass is 10.1.